The van der Waals surface area contributed by atoms with Gasteiger partial charge in [0.15, 0.2) is 0 Å². The zero-order valence-electron chi connectivity index (χ0n) is 11.1. The third-order valence-corrected chi connectivity index (χ3v) is 2.95. The van der Waals surface area contributed by atoms with Crippen LogP contribution < -0.4 is 10.0 Å². The Labute approximate surface area is 117 Å². The van der Waals surface area contributed by atoms with Crippen molar-refractivity contribution >= 4 is 27.6 Å². The molecule has 1 unspecified atom stereocenters. The highest BCUT2D eigenvalue weighted by molar-refractivity contribution is 7.92. The Kier molecular flexibility index (Phi) is 5.09. The van der Waals surface area contributed by atoms with Gasteiger partial charge >= 0.3 is 5.97 Å². The van der Waals surface area contributed by atoms with E-state index in [1.54, 1.807) is 18.2 Å². The van der Waals surface area contributed by atoms with E-state index in [2.05, 4.69) is 10.0 Å². The number of hydrogen-bond donors (Lipinski definition) is 3. The number of benzene rings is 1. The van der Waals surface area contributed by atoms with E-state index in [4.69, 9.17) is 5.11 Å². The standard InChI is InChI=1S/C12H16N2O5S/c1-8(12(16)17)13-11(15)7-9-4-3-5-10(6-9)14-20(2,18)19/h3-6,8,14H,7H2,1-2H3,(H,13,15)(H,16,17). The molecule has 0 saturated carbocycles. The summed E-state index contributed by atoms with van der Waals surface area (Å²) in [7, 11) is -3.38. The quantitative estimate of drug-likeness (QED) is 0.694. The number of carboxylic acids is 1. The van der Waals surface area contributed by atoms with Crippen LogP contribution in [0.1, 0.15) is 12.5 Å². The van der Waals surface area contributed by atoms with Crippen molar-refractivity contribution in [3.63, 3.8) is 0 Å². The molecule has 0 fully saturated rings. The first-order chi connectivity index (χ1) is 9.17. The van der Waals surface area contributed by atoms with E-state index < -0.39 is 27.9 Å². The Balaban J connectivity index is 2.71. The number of anilines is 1. The van der Waals surface area contributed by atoms with E-state index in [0.717, 1.165) is 6.26 Å². The van der Waals surface area contributed by atoms with Crippen LogP contribution in [0.2, 0.25) is 0 Å². The van der Waals surface area contributed by atoms with Crippen LogP contribution >= 0.6 is 0 Å². The Bertz CT molecular complexity index is 612. The lowest BCUT2D eigenvalue weighted by Crippen LogP contribution is -2.39. The fourth-order valence-corrected chi connectivity index (χ4v) is 2.05. The zero-order valence-corrected chi connectivity index (χ0v) is 11.9. The van der Waals surface area contributed by atoms with Crippen LogP contribution in [0.25, 0.3) is 0 Å². The van der Waals surface area contributed by atoms with Gasteiger partial charge in [-0.15, -0.1) is 0 Å². The summed E-state index contributed by atoms with van der Waals surface area (Å²) in [5, 5.41) is 11.0. The summed E-state index contributed by atoms with van der Waals surface area (Å²) < 4.78 is 24.5. The maximum Gasteiger partial charge on any atom is 0.325 e. The molecule has 20 heavy (non-hydrogen) atoms. The largest absolute Gasteiger partial charge is 0.480 e. The first-order valence-electron chi connectivity index (χ1n) is 5.76. The van der Waals surface area contributed by atoms with Crippen molar-refractivity contribution in [1.82, 2.24) is 5.32 Å². The van der Waals surface area contributed by atoms with E-state index in [0.29, 0.717) is 11.3 Å². The number of carboxylic acid groups (broad SMARTS) is 1. The normalized spacial score (nSPS) is 12.5. The lowest BCUT2D eigenvalue weighted by atomic mass is 10.1. The highest BCUT2D eigenvalue weighted by atomic mass is 32.2. The summed E-state index contributed by atoms with van der Waals surface area (Å²) in [6, 6.07) is 5.36. The number of hydrogen-bond acceptors (Lipinski definition) is 4. The van der Waals surface area contributed by atoms with E-state index >= 15 is 0 Å². The molecular formula is C12H16N2O5S. The number of carbonyl (C=O) groups excluding carboxylic acids is 1. The van der Waals surface area contributed by atoms with E-state index in [-0.39, 0.29) is 6.42 Å². The zero-order chi connectivity index (χ0) is 15.3. The van der Waals surface area contributed by atoms with Crippen molar-refractivity contribution in [2.45, 2.75) is 19.4 Å². The first kappa shape index (κ1) is 16.0. The summed E-state index contributed by atoms with van der Waals surface area (Å²) >= 11 is 0. The van der Waals surface area contributed by atoms with Crippen molar-refractivity contribution in [3.05, 3.63) is 29.8 Å². The predicted octanol–water partition coefficient (Wildman–Crippen LogP) is 0.190. The fourth-order valence-electron chi connectivity index (χ4n) is 1.50. The molecule has 7 nitrogen and oxygen atoms in total. The number of rotatable bonds is 6. The first-order valence-corrected chi connectivity index (χ1v) is 7.65. The topological polar surface area (TPSA) is 113 Å². The molecule has 0 heterocycles. The maximum absolute atomic E-state index is 11.6. The Morgan fingerprint density at radius 1 is 1.35 bits per heavy atom. The molecule has 0 spiro atoms. The molecule has 0 saturated heterocycles. The van der Waals surface area contributed by atoms with Gasteiger partial charge in [-0.3, -0.25) is 14.3 Å². The number of carbonyl (C=O) groups is 2. The number of sulfonamides is 1. The average molecular weight is 300 g/mol. The second kappa shape index (κ2) is 6.38. The van der Waals surface area contributed by atoms with Crippen LogP contribution in [-0.2, 0) is 26.0 Å². The van der Waals surface area contributed by atoms with Crippen LogP contribution in [0.3, 0.4) is 0 Å². The summed E-state index contributed by atoms with van der Waals surface area (Å²) in [5.74, 6) is -1.57. The minimum absolute atomic E-state index is 0.0309. The second-order valence-electron chi connectivity index (χ2n) is 4.38. The van der Waals surface area contributed by atoms with Gasteiger partial charge in [-0.2, -0.15) is 0 Å². The van der Waals surface area contributed by atoms with Crippen LogP contribution in [0.4, 0.5) is 5.69 Å². The molecule has 0 aliphatic carbocycles. The van der Waals surface area contributed by atoms with Gasteiger partial charge < -0.3 is 10.4 Å². The lowest BCUT2D eigenvalue weighted by Gasteiger charge is -2.10. The molecule has 1 rings (SSSR count). The number of amides is 1. The monoisotopic (exact) mass is 300 g/mol. The van der Waals surface area contributed by atoms with E-state index in [1.165, 1.54) is 13.0 Å². The van der Waals surface area contributed by atoms with Gasteiger partial charge in [-0.25, -0.2) is 8.42 Å². The van der Waals surface area contributed by atoms with Crippen LogP contribution in [0, 0.1) is 0 Å². The van der Waals surface area contributed by atoms with Crippen molar-refractivity contribution in [1.29, 1.82) is 0 Å². The predicted molar refractivity (Wildman–Crippen MR) is 73.9 cm³/mol. The van der Waals surface area contributed by atoms with Crippen molar-refractivity contribution in [2.75, 3.05) is 11.0 Å². The molecule has 1 amide bonds. The molecule has 1 aromatic rings. The number of nitrogens with one attached hydrogen (secondary N) is 2. The Morgan fingerprint density at radius 3 is 2.55 bits per heavy atom. The van der Waals surface area contributed by atoms with Gasteiger partial charge in [-0.05, 0) is 24.6 Å². The molecule has 0 bridgehead atoms. The Morgan fingerprint density at radius 2 is 2.00 bits per heavy atom. The maximum atomic E-state index is 11.6. The molecule has 1 atom stereocenters. The minimum Gasteiger partial charge on any atom is -0.480 e. The lowest BCUT2D eigenvalue weighted by molar-refractivity contribution is -0.141. The highest BCUT2D eigenvalue weighted by Crippen LogP contribution is 2.12. The molecule has 0 radical (unpaired) electrons. The van der Waals surface area contributed by atoms with Crippen LogP contribution in [-0.4, -0.2) is 37.7 Å². The Hall–Kier alpha value is -2.09. The number of aliphatic carboxylic acids is 1. The molecule has 1 aromatic carbocycles. The third kappa shape index (κ3) is 5.70. The third-order valence-electron chi connectivity index (χ3n) is 2.34. The van der Waals surface area contributed by atoms with E-state index in [1.807, 2.05) is 0 Å². The van der Waals surface area contributed by atoms with Crippen molar-refractivity contribution in [3.8, 4) is 0 Å². The smallest absolute Gasteiger partial charge is 0.325 e. The summed E-state index contributed by atoms with van der Waals surface area (Å²) in [6.07, 6.45) is 0.998. The second-order valence-corrected chi connectivity index (χ2v) is 6.13. The molecule has 0 aromatic heterocycles. The van der Waals surface area contributed by atoms with Gasteiger partial charge in [0.1, 0.15) is 6.04 Å². The van der Waals surface area contributed by atoms with Gasteiger partial charge in [-0.1, -0.05) is 12.1 Å². The molecular weight excluding hydrogens is 284 g/mol. The summed E-state index contributed by atoms with van der Waals surface area (Å²) in [5.41, 5.74) is 0.929. The summed E-state index contributed by atoms with van der Waals surface area (Å²) in [6.45, 7) is 1.36. The fraction of sp³-hybridized carbons (Fsp3) is 0.333. The van der Waals surface area contributed by atoms with E-state index in [9.17, 15) is 18.0 Å². The van der Waals surface area contributed by atoms with Crippen LogP contribution in [0.5, 0.6) is 0 Å². The van der Waals surface area contributed by atoms with Crippen molar-refractivity contribution in [2.24, 2.45) is 0 Å². The molecule has 3 N–H and O–H groups in total. The SMILES string of the molecule is CC(NC(=O)Cc1cccc(NS(C)(=O)=O)c1)C(=O)O. The highest BCUT2D eigenvalue weighted by Gasteiger charge is 2.14. The van der Waals surface area contributed by atoms with Gasteiger partial charge in [0.25, 0.3) is 0 Å². The van der Waals surface area contributed by atoms with Crippen LogP contribution in [0.15, 0.2) is 24.3 Å². The summed E-state index contributed by atoms with van der Waals surface area (Å²) in [4.78, 5) is 22.2. The van der Waals surface area contributed by atoms with Crippen molar-refractivity contribution < 1.29 is 23.1 Å². The molecule has 8 heteroatoms. The van der Waals surface area contributed by atoms with Gasteiger partial charge in [0.05, 0.1) is 12.7 Å². The van der Waals surface area contributed by atoms with Gasteiger partial charge in [0, 0.05) is 5.69 Å². The molecule has 0 aliphatic rings. The molecule has 0 aliphatic heterocycles. The van der Waals surface area contributed by atoms with Gasteiger partial charge in [0.2, 0.25) is 15.9 Å². The average Bonchev–Trinajstić information content (AvgIpc) is 2.26. The molecule has 110 valence electrons. The minimum atomic E-state index is -3.38.